The molecular weight excluding hydrogens is 378 g/mol. The molecule has 0 atom stereocenters. The highest BCUT2D eigenvalue weighted by Gasteiger charge is 2.26. The summed E-state index contributed by atoms with van der Waals surface area (Å²) in [5.41, 5.74) is 9.85. The van der Waals surface area contributed by atoms with Crippen LogP contribution in [0.4, 0.5) is 0 Å². The highest BCUT2D eigenvalue weighted by atomic mass is 15.1. The molecule has 0 spiro atoms. The van der Waals surface area contributed by atoms with Crippen molar-refractivity contribution in [2.45, 2.75) is 20.3 Å². The summed E-state index contributed by atoms with van der Waals surface area (Å²) >= 11 is 0. The van der Waals surface area contributed by atoms with E-state index in [1.165, 1.54) is 49.8 Å². The lowest BCUT2D eigenvalue weighted by Crippen LogP contribution is -2.31. The van der Waals surface area contributed by atoms with Crippen LogP contribution in [0, 0.1) is 13.8 Å². The second-order valence-corrected chi connectivity index (χ2v) is 8.46. The first-order valence-electron chi connectivity index (χ1n) is 10.8. The van der Waals surface area contributed by atoms with Gasteiger partial charge < -0.3 is 4.57 Å². The van der Waals surface area contributed by atoms with E-state index in [9.17, 15) is 0 Å². The molecule has 0 saturated carbocycles. The standard InChI is InChI=1S/C28H24N3/c1-18-17-30(3)24(16-23(18)20-10-5-4-6-11-20)26-19(2)21-12-7-8-13-22(21)27-28(26)31-15-9-14-25(31)29-27/h4-13,15-17H,14H2,1-3H3/q+1. The quantitative estimate of drug-likeness (QED) is 0.332. The Morgan fingerprint density at radius 2 is 1.68 bits per heavy atom. The van der Waals surface area contributed by atoms with Gasteiger partial charge in [-0.1, -0.05) is 60.7 Å². The van der Waals surface area contributed by atoms with Crippen LogP contribution in [0.25, 0.3) is 50.4 Å². The summed E-state index contributed by atoms with van der Waals surface area (Å²) in [6, 6.07) is 21.7. The largest absolute Gasteiger partial charge is 0.302 e. The summed E-state index contributed by atoms with van der Waals surface area (Å²) in [4.78, 5) is 5.07. The summed E-state index contributed by atoms with van der Waals surface area (Å²) in [5.74, 6) is 1.12. The van der Waals surface area contributed by atoms with Crippen LogP contribution >= 0.6 is 0 Å². The van der Waals surface area contributed by atoms with Gasteiger partial charge in [0.25, 0.3) is 0 Å². The van der Waals surface area contributed by atoms with E-state index in [1.54, 1.807) is 0 Å². The van der Waals surface area contributed by atoms with E-state index >= 15 is 0 Å². The van der Waals surface area contributed by atoms with Crippen LogP contribution in [-0.4, -0.2) is 9.55 Å². The molecule has 0 radical (unpaired) electrons. The van der Waals surface area contributed by atoms with Crippen LogP contribution in [0.3, 0.4) is 0 Å². The lowest BCUT2D eigenvalue weighted by Gasteiger charge is -2.14. The molecule has 0 saturated heterocycles. The van der Waals surface area contributed by atoms with Gasteiger partial charge >= 0.3 is 0 Å². The summed E-state index contributed by atoms with van der Waals surface area (Å²) in [6.07, 6.45) is 7.50. The van der Waals surface area contributed by atoms with Crippen LogP contribution in [0.2, 0.25) is 0 Å². The fourth-order valence-corrected chi connectivity index (χ4v) is 5.08. The van der Waals surface area contributed by atoms with Crippen LogP contribution in [0.5, 0.6) is 0 Å². The number of aromatic nitrogens is 3. The minimum atomic E-state index is 0.886. The van der Waals surface area contributed by atoms with Crippen LogP contribution in [0.15, 0.2) is 72.9 Å². The number of hydrogen-bond acceptors (Lipinski definition) is 1. The summed E-state index contributed by atoms with van der Waals surface area (Å²) in [7, 11) is 2.15. The predicted molar refractivity (Wildman–Crippen MR) is 128 cm³/mol. The van der Waals surface area contributed by atoms with E-state index < -0.39 is 0 Å². The maximum absolute atomic E-state index is 5.07. The Morgan fingerprint density at radius 3 is 2.48 bits per heavy atom. The molecule has 2 aromatic heterocycles. The van der Waals surface area contributed by atoms with Crippen molar-refractivity contribution >= 4 is 28.0 Å². The Labute approximate surface area is 181 Å². The third-order valence-electron chi connectivity index (χ3n) is 6.55. The molecule has 0 unspecified atom stereocenters. The van der Waals surface area contributed by atoms with Gasteiger partial charge in [0, 0.05) is 29.6 Å². The van der Waals surface area contributed by atoms with Crippen molar-refractivity contribution in [1.29, 1.82) is 0 Å². The van der Waals surface area contributed by atoms with Crippen LogP contribution in [-0.2, 0) is 13.5 Å². The number of benzene rings is 3. The van der Waals surface area contributed by atoms with Gasteiger partial charge in [0.15, 0.2) is 6.20 Å². The summed E-state index contributed by atoms with van der Waals surface area (Å²) < 4.78 is 4.54. The van der Waals surface area contributed by atoms with E-state index in [4.69, 9.17) is 4.98 Å². The third kappa shape index (κ3) is 2.59. The first-order chi connectivity index (χ1) is 15.1. The number of rotatable bonds is 2. The molecule has 0 bridgehead atoms. The Bertz CT molecular complexity index is 1520. The first-order valence-corrected chi connectivity index (χ1v) is 10.8. The van der Waals surface area contributed by atoms with Crippen LogP contribution < -0.4 is 4.57 Å². The number of nitrogens with zero attached hydrogens (tertiary/aromatic N) is 3. The van der Waals surface area contributed by atoms with Crippen molar-refractivity contribution in [3.8, 4) is 22.4 Å². The number of fused-ring (bicyclic) bond motifs is 5. The van der Waals surface area contributed by atoms with Crippen LogP contribution in [0.1, 0.15) is 17.0 Å². The van der Waals surface area contributed by atoms with E-state index in [2.05, 4.69) is 109 Å². The predicted octanol–water partition coefficient (Wildman–Crippen LogP) is 5.99. The Kier molecular flexibility index (Phi) is 3.87. The molecule has 1 aliphatic heterocycles. The van der Waals surface area contributed by atoms with Gasteiger partial charge in [-0.15, -0.1) is 0 Å². The Balaban J connectivity index is 1.76. The summed E-state index contributed by atoms with van der Waals surface area (Å²) in [5, 5.41) is 2.50. The molecule has 0 fully saturated rings. The zero-order valence-electron chi connectivity index (χ0n) is 18.1. The fourth-order valence-electron chi connectivity index (χ4n) is 5.08. The van der Waals surface area contributed by atoms with Gasteiger partial charge in [-0.05, 0) is 35.9 Å². The second kappa shape index (κ2) is 6.64. The zero-order valence-corrected chi connectivity index (χ0v) is 18.1. The molecule has 0 N–H and O–H groups in total. The molecular formula is C28H24N3+. The minimum absolute atomic E-state index is 0.886. The van der Waals surface area contributed by atoms with Gasteiger partial charge in [0.2, 0.25) is 5.69 Å². The van der Waals surface area contributed by atoms with Crippen molar-refractivity contribution in [1.82, 2.24) is 9.55 Å². The SMILES string of the molecule is Cc1c[n+](C)c(-c2c(C)c3ccccc3c3nc4n(c23)C=CC4)cc1-c1ccccc1. The molecule has 31 heavy (non-hydrogen) atoms. The smallest absolute Gasteiger partial charge is 0.215 e. The maximum Gasteiger partial charge on any atom is 0.215 e. The Morgan fingerprint density at radius 1 is 0.935 bits per heavy atom. The number of imidazole rings is 1. The zero-order chi connectivity index (χ0) is 21.1. The lowest BCUT2D eigenvalue weighted by molar-refractivity contribution is -0.660. The fraction of sp³-hybridized carbons (Fsp3) is 0.143. The minimum Gasteiger partial charge on any atom is -0.302 e. The van der Waals surface area contributed by atoms with Gasteiger partial charge in [-0.25, -0.2) is 9.55 Å². The molecule has 3 nitrogen and oxygen atoms in total. The molecule has 150 valence electrons. The highest BCUT2D eigenvalue weighted by molar-refractivity contribution is 6.13. The maximum atomic E-state index is 5.07. The molecule has 3 aromatic carbocycles. The van der Waals surface area contributed by atoms with Gasteiger partial charge in [-0.2, -0.15) is 0 Å². The molecule has 3 heteroatoms. The second-order valence-electron chi connectivity index (χ2n) is 8.46. The molecule has 0 amide bonds. The molecule has 3 heterocycles. The van der Waals surface area contributed by atoms with Crippen molar-refractivity contribution in [3.05, 3.63) is 89.9 Å². The molecule has 5 aromatic rings. The molecule has 0 aliphatic carbocycles. The number of allylic oxidation sites excluding steroid dienone is 1. The van der Waals surface area contributed by atoms with E-state index in [0.717, 1.165) is 17.8 Å². The van der Waals surface area contributed by atoms with E-state index in [1.807, 2.05) is 0 Å². The van der Waals surface area contributed by atoms with Gasteiger partial charge in [-0.3, -0.25) is 0 Å². The average molecular weight is 403 g/mol. The lowest BCUT2D eigenvalue weighted by atomic mass is 9.93. The Hall–Kier alpha value is -3.72. The number of pyridine rings is 1. The van der Waals surface area contributed by atoms with E-state index in [0.29, 0.717) is 0 Å². The first kappa shape index (κ1) is 18.1. The third-order valence-corrected chi connectivity index (χ3v) is 6.55. The van der Waals surface area contributed by atoms with Crippen molar-refractivity contribution in [2.75, 3.05) is 0 Å². The average Bonchev–Trinajstić information content (AvgIpc) is 3.38. The topological polar surface area (TPSA) is 21.7 Å². The van der Waals surface area contributed by atoms with E-state index in [-0.39, 0.29) is 0 Å². The van der Waals surface area contributed by atoms with Crippen molar-refractivity contribution in [3.63, 3.8) is 0 Å². The highest BCUT2D eigenvalue weighted by Crippen LogP contribution is 2.40. The van der Waals surface area contributed by atoms with Crippen molar-refractivity contribution in [2.24, 2.45) is 7.05 Å². The normalized spacial score (nSPS) is 12.7. The van der Waals surface area contributed by atoms with Gasteiger partial charge in [0.1, 0.15) is 12.9 Å². The number of aryl methyl sites for hydroxylation is 3. The van der Waals surface area contributed by atoms with Crippen molar-refractivity contribution < 1.29 is 4.57 Å². The van der Waals surface area contributed by atoms with Gasteiger partial charge in [0.05, 0.1) is 16.6 Å². The summed E-state index contributed by atoms with van der Waals surface area (Å²) in [6.45, 7) is 4.44. The monoisotopic (exact) mass is 402 g/mol. The molecule has 1 aliphatic rings. The molecule has 6 rings (SSSR count). The number of hydrogen-bond donors (Lipinski definition) is 0.